The van der Waals surface area contributed by atoms with Crippen molar-refractivity contribution in [3.05, 3.63) is 18.0 Å². The molecule has 6 nitrogen and oxygen atoms in total. The van der Waals surface area contributed by atoms with E-state index in [1.54, 1.807) is 14.1 Å². The molecule has 0 unspecified atom stereocenters. The van der Waals surface area contributed by atoms with Crippen LogP contribution in [0.15, 0.2) is 12.4 Å². The molecule has 1 heterocycles. The standard InChI is InChI=1S/C11H22N4O2S/c1-11-9-13-15(10-11)7-6-12-5-4-8-18(16,17)14(2)3/h9-10,12H,4-8H2,1-3H3. The van der Waals surface area contributed by atoms with Crippen LogP contribution in [0.3, 0.4) is 0 Å². The Hall–Kier alpha value is -0.920. The number of sulfonamides is 1. The number of rotatable bonds is 8. The van der Waals surface area contributed by atoms with Crippen LogP contribution in [0.25, 0.3) is 0 Å². The van der Waals surface area contributed by atoms with E-state index in [-0.39, 0.29) is 5.75 Å². The lowest BCUT2D eigenvalue weighted by atomic mass is 10.4. The summed E-state index contributed by atoms with van der Waals surface area (Å²) < 4.78 is 26.1. The SMILES string of the molecule is Cc1cnn(CCNCCCS(=O)(=O)N(C)C)c1. The Morgan fingerprint density at radius 1 is 1.39 bits per heavy atom. The topological polar surface area (TPSA) is 67.2 Å². The molecule has 1 aromatic heterocycles. The molecule has 0 spiro atoms. The van der Waals surface area contributed by atoms with Crippen molar-refractivity contribution < 1.29 is 8.42 Å². The van der Waals surface area contributed by atoms with E-state index in [4.69, 9.17) is 0 Å². The van der Waals surface area contributed by atoms with E-state index in [0.717, 1.165) is 18.7 Å². The van der Waals surface area contributed by atoms with Gasteiger partial charge in [-0.2, -0.15) is 5.10 Å². The van der Waals surface area contributed by atoms with Gasteiger partial charge in [0.1, 0.15) is 0 Å². The minimum absolute atomic E-state index is 0.188. The van der Waals surface area contributed by atoms with Crippen LogP contribution in [0.4, 0.5) is 0 Å². The minimum atomic E-state index is -3.06. The molecule has 7 heteroatoms. The lowest BCUT2D eigenvalue weighted by molar-refractivity contribution is 0.513. The Labute approximate surface area is 109 Å². The summed E-state index contributed by atoms with van der Waals surface area (Å²) in [4.78, 5) is 0. The van der Waals surface area contributed by atoms with Crippen LogP contribution in [-0.2, 0) is 16.6 Å². The molecule has 0 aromatic carbocycles. The van der Waals surface area contributed by atoms with E-state index >= 15 is 0 Å². The highest BCUT2D eigenvalue weighted by molar-refractivity contribution is 7.89. The summed E-state index contributed by atoms with van der Waals surface area (Å²) in [7, 11) is 0.0583. The summed E-state index contributed by atoms with van der Waals surface area (Å²) >= 11 is 0. The fourth-order valence-electron chi connectivity index (χ4n) is 1.47. The van der Waals surface area contributed by atoms with Crippen LogP contribution in [0.2, 0.25) is 0 Å². The molecular formula is C11H22N4O2S. The van der Waals surface area contributed by atoms with Crippen molar-refractivity contribution in [2.45, 2.75) is 19.9 Å². The lowest BCUT2D eigenvalue weighted by Crippen LogP contribution is -2.28. The van der Waals surface area contributed by atoms with Crippen molar-refractivity contribution in [2.24, 2.45) is 0 Å². The minimum Gasteiger partial charge on any atom is -0.315 e. The molecule has 0 bridgehead atoms. The third kappa shape index (κ3) is 5.16. The van der Waals surface area contributed by atoms with E-state index in [9.17, 15) is 8.42 Å². The predicted octanol–water partition coefficient (Wildman–Crippen LogP) is 0.0626. The van der Waals surface area contributed by atoms with Gasteiger partial charge in [0.15, 0.2) is 0 Å². The Morgan fingerprint density at radius 3 is 2.67 bits per heavy atom. The monoisotopic (exact) mass is 274 g/mol. The zero-order chi connectivity index (χ0) is 13.6. The predicted molar refractivity (Wildman–Crippen MR) is 71.9 cm³/mol. The van der Waals surface area contributed by atoms with E-state index in [0.29, 0.717) is 13.0 Å². The molecule has 0 fully saturated rings. The first-order valence-corrected chi connectivity index (χ1v) is 7.63. The van der Waals surface area contributed by atoms with E-state index in [2.05, 4.69) is 10.4 Å². The molecule has 0 saturated carbocycles. The van der Waals surface area contributed by atoms with Gasteiger partial charge in [0.25, 0.3) is 0 Å². The average molecular weight is 274 g/mol. The van der Waals surface area contributed by atoms with Gasteiger partial charge in [0, 0.05) is 26.8 Å². The quantitative estimate of drug-likeness (QED) is 0.681. The summed E-state index contributed by atoms with van der Waals surface area (Å²) in [6, 6.07) is 0. The summed E-state index contributed by atoms with van der Waals surface area (Å²) in [5.74, 6) is 0.188. The Bertz CT molecular complexity index is 453. The van der Waals surface area contributed by atoms with Crippen molar-refractivity contribution in [3.8, 4) is 0 Å². The Morgan fingerprint density at radius 2 is 2.11 bits per heavy atom. The van der Waals surface area contributed by atoms with Crippen LogP contribution in [0, 0.1) is 6.92 Å². The van der Waals surface area contributed by atoms with Gasteiger partial charge in [-0.1, -0.05) is 0 Å². The third-order valence-corrected chi connectivity index (χ3v) is 4.51. The molecule has 0 aliphatic carbocycles. The van der Waals surface area contributed by atoms with Gasteiger partial charge < -0.3 is 5.32 Å². The number of aromatic nitrogens is 2. The second kappa shape index (κ2) is 6.86. The van der Waals surface area contributed by atoms with Gasteiger partial charge >= 0.3 is 0 Å². The van der Waals surface area contributed by atoms with Gasteiger partial charge in [-0.05, 0) is 25.5 Å². The number of hydrogen-bond donors (Lipinski definition) is 1. The van der Waals surface area contributed by atoms with Crippen LogP contribution < -0.4 is 5.32 Å². The normalized spacial score (nSPS) is 12.2. The first-order valence-electron chi connectivity index (χ1n) is 6.02. The van der Waals surface area contributed by atoms with Crippen LogP contribution in [0.5, 0.6) is 0 Å². The number of hydrogen-bond acceptors (Lipinski definition) is 4. The van der Waals surface area contributed by atoms with E-state index in [1.807, 2.05) is 24.0 Å². The van der Waals surface area contributed by atoms with Gasteiger partial charge in [-0.15, -0.1) is 0 Å². The summed E-state index contributed by atoms with van der Waals surface area (Å²) in [6.45, 7) is 4.30. The smallest absolute Gasteiger partial charge is 0.213 e. The maximum absolute atomic E-state index is 11.5. The summed E-state index contributed by atoms with van der Waals surface area (Å²) in [5, 5.41) is 7.38. The van der Waals surface area contributed by atoms with Crippen LogP contribution in [0.1, 0.15) is 12.0 Å². The number of nitrogens with one attached hydrogen (secondary N) is 1. The maximum atomic E-state index is 11.5. The van der Waals surface area contributed by atoms with Gasteiger partial charge in [-0.3, -0.25) is 4.68 Å². The van der Waals surface area contributed by atoms with Gasteiger partial charge in [-0.25, -0.2) is 12.7 Å². The van der Waals surface area contributed by atoms with Crippen molar-refractivity contribution in [3.63, 3.8) is 0 Å². The third-order valence-electron chi connectivity index (χ3n) is 2.59. The van der Waals surface area contributed by atoms with Gasteiger partial charge in [0.05, 0.1) is 18.5 Å². The molecule has 1 aromatic rings. The first kappa shape index (κ1) is 15.1. The molecular weight excluding hydrogens is 252 g/mol. The second-order valence-corrected chi connectivity index (χ2v) is 6.79. The Balaban J connectivity index is 2.09. The molecule has 0 atom stereocenters. The second-order valence-electron chi connectivity index (χ2n) is 4.48. The molecule has 0 aliphatic heterocycles. The zero-order valence-corrected chi connectivity index (χ0v) is 12.1. The Kier molecular flexibility index (Phi) is 5.77. The zero-order valence-electron chi connectivity index (χ0n) is 11.3. The molecule has 18 heavy (non-hydrogen) atoms. The highest BCUT2D eigenvalue weighted by Crippen LogP contribution is 1.96. The first-order chi connectivity index (χ1) is 8.42. The lowest BCUT2D eigenvalue weighted by Gasteiger charge is -2.11. The molecule has 0 saturated heterocycles. The molecule has 0 aliphatic rings. The molecule has 0 amide bonds. The highest BCUT2D eigenvalue weighted by Gasteiger charge is 2.11. The molecule has 1 N–H and O–H groups in total. The van der Waals surface area contributed by atoms with Crippen LogP contribution >= 0.6 is 0 Å². The largest absolute Gasteiger partial charge is 0.315 e. The maximum Gasteiger partial charge on any atom is 0.213 e. The summed E-state index contributed by atoms with van der Waals surface area (Å²) in [6.07, 6.45) is 4.43. The van der Waals surface area contributed by atoms with Crippen molar-refractivity contribution in [2.75, 3.05) is 32.9 Å². The number of aryl methyl sites for hydroxylation is 1. The molecule has 104 valence electrons. The fourth-order valence-corrected chi connectivity index (χ4v) is 2.34. The molecule has 1 rings (SSSR count). The summed E-state index contributed by atoms with van der Waals surface area (Å²) in [5.41, 5.74) is 1.15. The van der Waals surface area contributed by atoms with Crippen molar-refractivity contribution >= 4 is 10.0 Å². The average Bonchev–Trinajstić information content (AvgIpc) is 2.69. The highest BCUT2D eigenvalue weighted by atomic mass is 32.2. The van der Waals surface area contributed by atoms with Gasteiger partial charge in [0.2, 0.25) is 10.0 Å². The molecule has 0 radical (unpaired) electrons. The van der Waals surface area contributed by atoms with Crippen molar-refractivity contribution in [1.82, 2.24) is 19.4 Å². The number of nitrogens with zero attached hydrogens (tertiary/aromatic N) is 3. The van der Waals surface area contributed by atoms with E-state index < -0.39 is 10.0 Å². The van der Waals surface area contributed by atoms with E-state index in [1.165, 1.54) is 4.31 Å². The van der Waals surface area contributed by atoms with Crippen LogP contribution in [-0.4, -0.2) is 55.4 Å². The fraction of sp³-hybridized carbons (Fsp3) is 0.727. The van der Waals surface area contributed by atoms with Crippen molar-refractivity contribution in [1.29, 1.82) is 0 Å².